The van der Waals surface area contributed by atoms with E-state index in [1.54, 1.807) is 0 Å². The molecule has 0 aromatic heterocycles. The van der Waals surface area contributed by atoms with Crippen LogP contribution in [0.5, 0.6) is 0 Å². The van der Waals surface area contributed by atoms with E-state index in [-0.39, 0.29) is 0 Å². The van der Waals surface area contributed by atoms with Crippen molar-refractivity contribution in [2.75, 3.05) is 26.2 Å². The Morgan fingerprint density at radius 2 is 2.05 bits per heavy atom. The maximum atomic E-state index is 9.01. The van der Waals surface area contributed by atoms with Gasteiger partial charge in [-0.25, -0.2) is 0 Å². The van der Waals surface area contributed by atoms with Crippen molar-refractivity contribution in [2.45, 2.75) is 38.8 Å². The number of piperidine rings is 1. The molecule has 1 aliphatic rings. The maximum absolute atomic E-state index is 9.01. The number of hydrogen-bond acceptors (Lipinski definition) is 3. The highest BCUT2D eigenvalue weighted by Crippen LogP contribution is 2.21. The average Bonchev–Trinajstić information content (AvgIpc) is 2.51. The predicted molar refractivity (Wildman–Crippen MR) is 83.6 cm³/mol. The first-order chi connectivity index (χ1) is 9.81. The molecule has 1 aromatic carbocycles. The molecule has 2 rings (SSSR count). The number of aliphatic hydroxyl groups excluding tert-OH is 1. The third-order valence-electron chi connectivity index (χ3n) is 4.27. The van der Waals surface area contributed by atoms with Crippen molar-refractivity contribution in [3.05, 3.63) is 35.9 Å². The molecule has 0 aliphatic carbocycles. The van der Waals surface area contributed by atoms with Crippen molar-refractivity contribution in [3.8, 4) is 0 Å². The minimum Gasteiger partial charge on any atom is -0.396 e. The lowest BCUT2D eigenvalue weighted by Gasteiger charge is -2.38. The second-order valence-corrected chi connectivity index (χ2v) is 5.88. The molecule has 1 saturated heterocycles. The number of aliphatic hydroxyl groups is 1. The van der Waals surface area contributed by atoms with Crippen LogP contribution >= 0.6 is 0 Å². The quantitative estimate of drug-likeness (QED) is 0.802. The zero-order valence-corrected chi connectivity index (χ0v) is 12.6. The Hall–Kier alpha value is -0.900. The summed E-state index contributed by atoms with van der Waals surface area (Å²) in [7, 11) is 0. The summed E-state index contributed by atoms with van der Waals surface area (Å²) in [5.74, 6) is 0.726. The van der Waals surface area contributed by atoms with Crippen molar-refractivity contribution >= 4 is 0 Å². The van der Waals surface area contributed by atoms with Gasteiger partial charge in [-0.1, -0.05) is 37.3 Å². The van der Waals surface area contributed by atoms with Gasteiger partial charge in [-0.3, -0.25) is 0 Å². The Bertz CT molecular complexity index is 369. The largest absolute Gasteiger partial charge is 0.396 e. The minimum absolute atomic E-state index is 0.324. The van der Waals surface area contributed by atoms with E-state index >= 15 is 0 Å². The second kappa shape index (κ2) is 8.40. The molecule has 1 heterocycles. The minimum atomic E-state index is 0.324. The number of nitrogens with one attached hydrogen (secondary N) is 1. The molecule has 112 valence electrons. The molecule has 20 heavy (non-hydrogen) atoms. The zero-order valence-electron chi connectivity index (χ0n) is 12.6. The summed E-state index contributed by atoms with van der Waals surface area (Å²) in [6.07, 6.45) is 3.33. The van der Waals surface area contributed by atoms with Gasteiger partial charge in [0.1, 0.15) is 0 Å². The van der Waals surface area contributed by atoms with Gasteiger partial charge < -0.3 is 15.3 Å². The molecule has 1 aromatic rings. The molecule has 0 saturated carbocycles. The van der Waals surface area contributed by atoms with Crippen LogP contribution in [-0.4, -0.2) is 42.3 Å². The smallest absolute Gasteiger partial charge is 0.0431 e. The SMILES string of the molecule is CCN1CC(CCCO)CC(NCc2ccccc2)C1. The highest BCUT2D eigenvalue weighted by molar-refractivity contribution is 5.14. The van der Waals surface area contributed by atoms with Crippen LogP contribution < -0.4 is 5.32 Å². The van der Waals surface area contributed by atoms with E-state index in [0.29, 0.717) is 12.6 Å². The number of hydrogen-bond donors (Lipinski definition) is 2. The van der Waals surface area contributed by atoms with Gasteiger partial charge in [-0.05, 0) is 37.3 Å². The molecular weight excluding hydrogens is 248 g/mol. The molecule has 2 N–H and O–H groups in total. The van der Waals surface area contributed by atoms with Gasteiger partial charge in [0.25, 0.3) is 0 Å². The summed E-state index contributed by atoms with van der Waals surface area (Å²) in [5.41, 5.74) is 1.35. The first-order valence-corrected chi connectivity index (χ1v) is 7.92. The van der Waals surface area contributed by atoms with Crippen LogP contribution in [0.1, 0.15) is 31.7 Å². The number of nitrogens with zero attached hydrogens (tertiary/aromatic N) is 1. The fourth-order valence-electron chi connectivity index (χ4n) is 3.16. The Morgan fingerprint density at radius 1 is 1.25 bits per heavy atom. The van der Waals surface area contributed by atoms with Crippen molar-refractivity contribution < 1.29 is 5.11 Å². The van der Waals surface area contributed by atoms with Gasteiger partial charge in [-0.2, -0.15) is 0 Å². The fraction of sp³-hybridized carbons (Fsp3) is 0.647. The lowest BCUT2D eigenvalue weighted by Crippen LogP contribution is -2.48. The highest BCUT2D eigenvalue weighted by atomic mass is 16.2. The van der Waals surface area contributed by atoms with Crippen LogP contribution in [0.2, 0.25) is 0 Å². The van der Waals surface area contributed by atoms with E-state index in [9.17, 15) is 0 Å². The Morgan fingerprint density at radius 3 is 2.75 bits per heavy atom. The predicted octanol–water partition coefficient (Wildman–Crippen LogP) is 2.26. The molecule has 0 spiro atoms. The van der Waals surface area contributed by atoms with E-state index in [0.717, 1.165) is 38.4 Å². The summed E-state index contributed by atoms with van der Waals surface area (Å²) in [6, 6.07) is 11.2. The van der Waals surface area contributed by atoms with E-state index in [1.165, 1.54) is 18.5 Å². The molecular formula is C17H28N2O. The monoisotopic (exact) mass is 276 g/mol. The van der Waals surface area contributed by atoms with Crippen LogP contribution in [0.4, 0.5) is 0 Å². The summed E-state index contributed by atoms with van der Waals surface area (Å²) in [5, 5.41) is 12.7. The van der Waals surface area contributed by atoms with Gasteiger partial charge in [0, 0.05) is 32.3 Å². The molecule has 1 aliphatic heterocycles. The first-order valence-electron chi connectivity index (χ1n) is 7.92. The summed E-state index contributed by atoms with van der Waals surface area (Å²) in [6.45, 7) is 6.99. The van der Waals surface area contributed by atoms with Crippen LogP contribution in [0.3, 0.4) is 0 Å². The van der Waals surface area contributed by atoms with Gasteiger partial charge >= 0.3 is 0 Å². The number of rotatable bonds is 7. The third-order valence-corrected chi connectivity index (χ3v) is 4.27. The molecule has 2 atom stereocenters. The maximum Gasteiger partial charge on any atom is 0.0431 e. The van der Waals surface area contributed by atoms with Crippen molar-refractivity contribution in [1.29, 1.82) is 0 Å². The second-order valence-electron chi connectivity index (χ2n) is 5.88. The highest BCUT2D eigenvalue weighted by Gasteiger charge is 2.25. The lowest BCUT2D eigenvalue weighted by atomic mass is 9.90. The molecule has 0 amide bonds. The molecule has 0 radical (unpaired) electrons. The van der Waals surface area contributed by atoms with Crippen molar-refractivity contribution in [2.24, 2.45) is 5.92 Å². The van der Waals surface area contributed by atoms with Gasteiger partial charge in [0.15, 0.2) is 0 Å². The van der Waals surface area contributed by atoms with E-state index < -0.39 is 0 Å². The molecule has 3 heteroatoms. The lowest BCUT2D eigenvalue weighted by molar-refractivity contribution is 0.134. The van der Waals surface area contributed by atoms with Gasteiger partial charge in [0.05, 0.1) is 0 Å². The topological polar surface area (TPSA) is 35.5 Å². The number of likely N-dealkylation sites (tertiary alicyclic amines) is 1. The first kappa shape index (κ1) is 15.5. The van der Waals surface area contributed by atoms with E-state index in [2.05, 4.69) is 47.5 Å². The molecule has 0 bridgehead atoms. The summed E-state index contributed by atoms with van der Waals surface area (Å²) in [4.78, 5) is 2.54. The molecule has 3 nitrogen and oxygen atoms in total. The summed E-state index contributed by atoms with van der Waals surface area (Å²) < 4.78 is 0. The van der Waals surface area contributed by atoms with Crippen molar-refractivity contribution in [1.82, 2.24) is 10.2 Å². The van der Waals surface area contributed by atoms with Crippen molar-refractivity contribution in [3.63, 3.8) is 0 Å². The van der Waals surface area contributed by atoms with Crippen LogP contribution in [0.25, 0.3) is 0 Å². The van der Waals surface area contributed by atoms with Crippen LogP contribution in [0.15, 0.2) is 30.3 Å². The summed E-state index contributed by atoms with van der Waals surface area (Å²) >= 11 is 0. The normalized spacial score (nSPS) is 23.9. The molecule has 1 fully saturated rings. The molecule has 2 unspecified atom stereocenters. The fourth-order valence-corrected chi connectivity index (χ4v) is 3.16. The van der Waals surface area contributed by atoms with Gasteiger partial charge in [-0.15, -0.1) is 0 Å². The number of benzene rings is 1. The Kier molecular flexibility index (Phi) is 6.51. The number of likely N-dealkylation sites (N-methyl/N-ethyl adjacent to an activating group) is 1. The Labute approximate surface area is 123 Å². The zero-order chi connectivity index (χ0) is 14.2. The Balaban J connectivity index is 1.82. The third kappa shape index (κ3) is 4.89. The van der Waals surface area contributed by atoms with Crippen LogP contribution in [-0.2, 0) is 6.54 Å². The van der Waals surface area contributed by atoms with E-state index in [4.69, 9.17) is 5.11 Å². The average molecular weight is 276 g/mol. The van der Waals surface area contributed by atoms with E-state index in [1.807, 2.05) is 0 Å². The standard InChI is InChI=1S/C17H28N2O/c1-2-19-13-16(9-6-10-20)11-17(14-19)18-12-15-7-4-3-5-8-15/h3-5,7-8,16-18,20H,2,6,9-14H2,1H3. The van der Waals surface area contributed by atoms with Gasteiger partial charge in [0.2, 0.25) is 0 Å². The van der Waals surface area contributed by atoms with Crippen LogP contribution in [0, 0.1) is 5.92 Å².